The van der Waals surface area contributed by atoms with Gasteiger partial charge < -0.3 is 15.0 Å². The number of carbonyl (C=O) groups is 3. The lowest BCUT2D eigenvalue weighted by Gasteiger charge is -2.20. The second-order valence-corrected chi connectivity index (χ2v) is 6.65. The number of ether oxygens (including phenoxy) is 1. The first-order chi connectivity index (χ1) is 12.2. The van der Waals surface area contributed by atoms with Crippen molar-refractivity contribution in [2.45, 2.75) is 26.8 Å². The summed E-state index contributed by atoms with van der Waals surface area (Å²) >= 11 is 3.21. The predicted molar refractivity (Wildman–Crippen MR) is 99.6 cm³/mol. The maximum absolute atomic E-state index is 13.6. The molecule has 0 heterocycles. The standard InChI is InChI=1S/C18H22BrFN2O4/c1-4-22(10-16(23)21-12(2)3)17(24)11-26-18(25)8-5-13-9-14(19)6-7-15(13)20/h5-9,12H,4,10-11H2,1-3H3,(H,21,23)/b8-5+. The Morgan fingerprint density at radius 3 is 2.65 bits per heavy atom. The van der Waals surface area contributed by atoms with E-state index >= 15 is 0 Å². The summed E-state index contributed by atoms with van der Waals surface area (Å²) in [5, 5.41) is 2.68. The lowest BCUT2D eigenvalue weighted by atomic mass is 10.2. The van der Waals surface area contributed by atoms with Gasteiger partial charge in [-0.25, -0.2) is 9.18 Å². The van der Waals surface area contributed by atoms with Gasteiger partial charge >= 0.3 is 5.97 Å². The monoisotopic (exact) mass is 428 g/mol. The molecule has 1 aromatic rings. The first-order valence-electron chi connectivity index (χ1n) is 8.10. The fourth-order valence-electron chi connectivity index (χ4n) is 1.99. The van der Waals surface area contributed by atoms with E-state index in [1.807, 2.05) is 13.8 Å². The molecule has 0 aliphatic heterocycles. The van der Waals surface area contributed by atoms with Crippen LogP contribution in [0.25, 0.3) is 6.08 Å². The zero-order valence-corrected chi connectivity index (χ0v) is 16.5. The van der Waals surface area contributed by atoms with Crippen LogP contribution in [0.5, 0.6) is 0 Å². The van der Waals surface area contributed by atoms with E-state index in [1.54, 1.807) is 13.0 Å². The Morgan fingerprint density at radius 1 is 1.35 bits per heavy atom. The van der Waals surface area contributed by atoms with E-state index in [1.165, 1.54) is 23.1 Å². The summed E-state index contributed by atoms with van der Waals surface area (Å²) in [6.45, 7) is 5.06. The van der Waals surface area contributed by atoms with Crippen LogP contribution in [-0.4, -0.2) is 48.4 Å². The Kier molecular flexibility index (Phi) is 8.98. The molecule has 0 atom stereocenters. The number of nitrogens with zero attached hydrogens (tertiary/aromatic N) is 1. The number of hydrogen-bond donors (Lipinski definition) is 1. The van der Waals surface area contributed by atoms with E-state index < -0.39 is 24.3 Å². The number of carbonyl (C=O) groups excluding carboxylic acids is 3. The van der Waals surface area contributed by atoms with E-state index in [9.17, 15) is 18.8 Å². The second-order valence-electron chi connectivity index (χ2n) is 5.74. The van der Waals surface area contributed by atoms with Crippen molar-refractivity contribution in [3.8, 4) is 0 Å². The summed E-state index contributed by atoms with van der Waals surface area (Å²) in [5.74, 6) is -2.03. The highest BCUT2D eigenvalue weighted by Gasteiger charge is 2.17. The van der Waals surface area contributed by atoms with Gasteiger partial charge in [0.2, 0.25) is 5.91 Å². The molecule has 26 heavy (non-hydrogen) atoms. The maximum Gasteiger partial charge on any atom is 0.331 e. The lowest BCUT2D eigenvalue weighted by Crippen LogP contribution is -2.44. The molecule has 0 saturated carbocycles. The van der Waals surface area contributed by atoms with Crippen LogP contribution >= 0.6 is 15.9 Å². The summed E-state index contributed by atoms with van der Waals surface area (Å²) < 4.78 is 19.1. The molecule has 2 amide bonds. The van der Waals surface area contributed by atoms with Gasteiger partial charge in [-0.1, -0.05) is 15.9 Å². The molecule has 0 unspecified atom stereocenters. The van der Waals surface area contributed by atoms with Gasteiger partial charge in [-0.05, 0) is 45.0 Å². The van der Waals surface area contributed by atoms with Crippen molar-refractivity contribution in [1.82, 2.24) is 10.2 Å². The molecule has 142 valence electrons. The van der Waals surface area contributed by atoms with Crippen molar-refractivity contribution in [1.29, 1.82) is 0 Å². The van der Waals surface area contributed by atoms with Gasteiger partial charge in [-0.15, -0.1) is 0 Å². The summed E-state index contributed by atoms with van der Waals surface area (Å²) in [4.78, 5) is 36.8. The molecule has 0 aliphatic carbocycles. The molecule has 0 fully saturated rings. The number of benzene rings is 1. The minimum absolute atomic E-state index is 0.0299. The highest BCUT2D eigenvalue weighted by Crippen LogP contribution is 2.16. The average Bonchev–Trinajstić information content (AvgIpc) is 2.57. The molecular weight excluding hydrogens is 407 g/mol. The molecule has 1 aromatic carbocycles. The van der Waals surface area contributed by atoms with Gasteiger partial charge in [-0.3, -0.25) is 9.59 Å². The van der Waals surface area contributed by atoms with E-state index in [2.05, 4.69) is 21.2 Å². The number of likely N-dealkylation sites (N-methyl/N-ethyl adjacent to an activating group) is 1. The van der Waals surface area contributed by atoms with Gasteiger partial charge in [0.25, 0.3) is 5.91 Å². The molecule has 1 N–H and O–H groups in total. The average molecular weight is 429 g/mol. The number of amides is 2. The van der Waals surface area contributed by atoms with Crippen molar-refractivity contribution >= 4 is 39.8 Å². The Balaban J connectivity index is 2.54. The molecule has 8 heteroatoms. The van der Waals surface area contributed by atoms with Crippen LogP contribution in [0.4, 0.5) is 4.39 Å². The summed E-state index contributed by atoms with van der Waals surface area (Å²) in [5.41, 5.74) is 0.211. The molecule has 0 bridgehead atoms. The summed E-state index contributed by atoms with van der Waals surface area (Å²) in [6.07, 6.45) is 2.31. The first-order valence-corrected chi connectivity index (χ1v) is 8.89. The van der Waals surface area contributed by atoms with Gasteiger partial charge in [0, 0.05) is 28.7 Å². The number of rotatable bonds is 8. The molecule has 0 radical (unpaired) electrons. The number of halogens is 2. The van der Waals surface area contributed by atoms with Crippen molar-refractivity contribution in [3.05, 3.63) is 40.1 Å². The van der Waals surface area contributed by atoms with E-state index in [-0.39, 0.29) is 24.1 Å². The predicted octanol–water partition coefficient (Wildman–Crippen LogP) is 2.52. The Hall–Kier alpha value is -2.22. The highest BCUT2D eigenvalue weighted by atomic mass is 79.9. The largest absolute Gasteiger partial charge is 0.452 e. The summed E-state index contributed by atoms with van der Waals surface area (Å²) in [7, 11) is 0. The zero-order chi connectivity index (χ0) is 19.7. The molecular formula is C18H22BrFN2O4. The van der Waals surface area contributed by atoms with Crippen molar-refractivity contribution in [2.75, 3.05) is 19.7 Å². The number of hydrogen-bond acceptors (Lipinski definition) is 4. The Labute approximate surface area is 160 Å². The van der Waals surface area contributed by atoms with E-state index in [0.29, 0.717) is 11.0 Å². The van der Waals surface area contributed by atoms with Crippen LogP contribution in [0.2, 0.25) is 0 Å². The Bertz CT molecular complexity index is 692. The van der Waals surface area contributed by atoms with Gasteiger partial charge in [-0.2, -0.15) is 0 Å². The second kappa shape index (κ2) is 10.7. The van der Waals surface area contributed by atoms with Crippen LogP contribution < -0.4 is 5.32 Å². The van der Waals surface area contributed by atoms with Crippen LogP contribution in [0.3, 0.4) is 0 Å². The van der Waals surface area contributed by atoms with Crippen LogP contribution in [-0.2, 0) is 19.1 Å². The summed E-state index contributed by atoms with van der Waals surface area (Å²) in [6, 6.07) is 4.28. The third-order valence-electron chi connectivity index (χ3n) is 3.21. The number of nitrogens with one attached hydrogen (secondary N) is 1. The normalized spacial score (nSPS) is 10.8. The topological polar surface area (TPSA) is 75.7 Å². The highest BCUT2D eigenvalue weighted by molar-refractivity contribution is 9.10. The molecule has 0 spiro atoms. The van der Waals surface area contributed by atoms with Crippen LogP contribution in [0, 0.1) is 5.82 Å². The minimum Gasteiger partial charge on any atom is -0.452 e. The van der Waals surface area contributed by atoms with Crippen molar-refractivity contribution in [2.24, 2.45) is 0 Å². The fourth-order valence-corrected chi connectivity index (χ4v) is 2.37. The molecule has 0 aliphatic rings. The van der Waals surface area contributed by atoms with Gasteiger partial charge in [0.1, 0.15) is 5.82 Å². The third-order valence-corrected chi connectivity index (χ3v) is 3.71. The van der Waals surface area contributed by atoms with Gasteiger partial charge in [0.05, 0.1) is 6.54 Å². The molecule has 0 saturated heterocycles. The van der Waals surface area contributed by atoms with E-state index in [0.717, 1.165) is 6.08 Å². The van der Waals surface area contributed by atoms with E-state index in [4.69, 9.17) is 4.74 Å². The molecule has 6 nitrogen and oxygen atoms in total. The van der Waals surface area contributed by atoms with Crippen molar-refractivity contribution < 1.29 is 23.5 Å². The molecule has 1 rings (SSSR count). The first kappa shape index (κ1) is 21.8. The maximum atomic E-state index is 13.6. The van der Waals surface area contributed by atoms with Gasteiger partial charge in [0.15, 0.2) is 6.61 Å². The van der Waals surface area contributed by atoms with Crippen LogP contribution in [0.15, 0.2) is 28.7 Å². The zero-order valence-electron chi connectivity index (χ0n) is 14.9. The molecule has 0 aromatic heterocycles. The fraction of sp³-hybridized carbons (Fsp3) is 0.389. The Morgan fingerprint density at radius 2 is 2.04 bits per heavy atom. The van der Waals surface area contributed by atoms with Crippen molar-refractivity contribution in [3.63, 3.8) is 0 Å². The SMILES string of the molecule is CCN(CC(=O)NC(C)C)C(=O)COC(=O)/C=C/c1cc(Br)ccc1F. The quantitative estimate of drug-likeness (QED) is 0.509. The smallest absolute Gasteiger partial charge is 0.331 e. The minimum atomic E-state index is -0.777. The lowest BCUT2D eigenvalue weighted by molar-refractivity contribution is -0.148. The third kappa shape index (κ3) is 7.77. The van der Waals surface area contributed by atoms with Crippen LogP contribution in [0.1, 0.15) is 26.3 Å². The number of esters is 1.